The second-order valence-corrected chi connectivity index (χ2v) is 4.06. The molecule has 0 aliphatic heterocycles. The first-order valence-corrected chi connectivity index (χ1v) is 5.83. The van der Waals surface area contributed by atoms with Gasteiger partial charge in [0.1, 0.15) is 5.76 Å². The molecule has 0 aliphatic rings. The number of nitro benzene ring substituents is 1. The number of hydrogen-bond acceptors (Lipinski definition) is 4. The molecule has 2 aromatic carbocycles. The normalized spacial score (nSPS) is 11.1. The molecule has 20 heavy (non-hydrogen) atoms. The molecule has 100 valence electrons. The van der Waals surface area contributed by atoms with Crippen LogP contribution in [0.2, 0.25) is 0 Å². The van der Waals surface area contributed by atoms with Gasteiger partial charge in [-0.2, -0.15) is 0 Å². The number of aliphatic hydroxyl groups is 1. The highest BCUT2D eigenvalue weighted by Gasteiger charge is 2.09. The summed E-state index contributed by atoms with van der Waals surface area (Å²) in [5.41, 5.74) is 0.721. The molecular weight excluding hydrogens is 258 g/mol. The van der Waals surface area contributed by atoms with Crippen LogP contribution in [0.15, 0.2) is 60.7 Å². The Balaban J connectivity index is 2.21. The number of nitro groups is 1. The van der Waals surface area contributed by atoms with Gasteiger partial charge < -0.3 is 5.11 Å². The van der Waals surface area contributed by atoms with Crippen LogP contribution in [-0.2, 0) is 0 Å². The van der Waals surface area contributed by atoms with E-state index in [1.165, 1.54) is 24.3 Å². The molecule has 0 saturated heterocycles. The van der Waals surface area contributed by atoms with Gasteiger partial charge in [-0.05, 0) is 12.1 Å². The number of carbonyl (C=O) groups excluding carboxylic acids is 1. The lowest BCUT2D eigenvalue weighted by Gasteiger charge is -2.00. The van der Waals surface area contributed by atoms with Crippen molar-refractivity contribution >= 4 is 17.2 Å². The Morgan fingerprint density at radius 2 is 1.60 bits per heavy atom. The number of hydrogen-bond donors (Lipinski definition) is 1. The van der Waals surface area contributed by atoms with E-state index in [1.807, 2.05) is 0 Å². The number of allylic oxidation sites excluding steroid dienone is 1. The predicted octanol–water partition coefficient (Wildman–Crippen LogP) is 3.38. The summed E-state index contributed by atoms with van der Waals surface area (Å²) in [5, 5.41) is 20.3. The van der Waals surface area contributed by atoms with Crippen molar-refractivity contribution in [2.24, 2.45) is 0 Å². The van der Waals surface area contributed by atoms with Crippen LogP contribution in [0.25, 0.3) is 5.76 Å². The minimum Gasteiger partial charge on any atom is -0.507 e. The van der Waals surface area contributed by atoms with Crippen LogP contribution in [0.4, 0.5) is 5.69 Å². The standard InChI is InChI=1S/C15H11NO4/c17-14(11-4-2-1-3-5-11)10-15(18)12-6-8-13(9-7-12)16(19)20/h1-10,17H/b14-10-. The van der Waals surface area contributed by atoms with Gasteiger partial charge in [-0.3, -0.25) is 14.9 Å². The third-order valence-electron chi connectivity index (χ3n) is 2.70. The number of aliphatic hydroxyl groups excluding tert-OH is 1. The van der Waals surface area contributed by atoms with Crippen molar-refractivity contribution in [2.75, 3.05) is 0 Å². The van der Waals surface area contributed by atoms with Crippen molar-refractivity contribution < 1.29 is 14.8 Å². The van der Waals surface area contributed by atoms with Gasteiger partial charge in [-0.15, -0.1) is 0 Å². The molecular formula is C15H11NO4. The van der Waals surface area contributed by atoms with E-state index in [9.17, 15) is 20.0 Å². The fourth-order valence-electron chi connectivity index (χ4n) is 1.65. The summed E-state index contributed by atoms with van der Waals surface area (Å²) in [4.78, 5) is 21.9. The molecule has 0 bridgehead atoms. The Bertz CT molecular complexity index is 660. The van der Waals surface area contributed by atoms with Gasteiger partial charge in [0.2, 0.25) is 0 Å². The Morgan fingerprint density at radius 1 is 1.00 bits per heavy atom. The lowest BCUT2D eigenvalue weighted by atomic mass is 10.1. The Hall–Kier alpha value is -2.95. The highest BCUT2D eigenvalue weighted by atomic mass is 16.6. The van der Waals surface area contributed by atoms with Crippen molar-refractivity contribution in [3.63, 3.8) is 0 Å². The third-order valence-corrected chi connectivity index (χ3v) is 2.70. The van der Waals surface area contributed by atoms with Crippen LogP contribution in [0.1, 0.15) is 15.9 Å². The molecule has 1 N–H and O–H groups in total. The molecule has 2 rings (SSSR count). The number of benzene rings is 2. The van der Waals surface area contributed by atoms with Gasteiger partial charge in [0.25, 0.3) is 5.69 Å². The first-order valence-electron chi connectivity index (χ1n) is 5.83. The second kappa shape index (κ2) is 5.79. The first-order chi connectivity index (χ1) is 9.58. The number of ketones is 1. The van der Waals surface area contributed by atoms with Crippen LogP contribution >= 0.6 is 0 Å². The summed E-state index contributed by atoms with van der Waals surface area (Å²) in [6.07, 6.45) is 1.09. The highest BCUT2D eigenvalue weighted by Crippen LogP contribution is 2.15. The Labute approximate surface area is 115 Å². The number of non-ortho nitro benzene ring substituents is 1. The molecule has 0 spiro atoms. The smallest absolute Gasteiger partial charge is 0.269 e. The van der Waals surface area contributed by atoms with Crippen LogP contribution in [0, 0.1) is 10.1 Å². The topological polar surface area (TPSA) is 80.4 Å². The molecule has 0 saturated carbocycles. The summed E-state index contributed by atoms with van der Waals surface area (Å²) in [6.45, 7) is 0. The van der Waals surface area contributed by atoms with Crippen molar-refractivity contribution in [3.05, 3.63) is 81.9 Å². The van der Waals surface area contributed by atoms with Gasteiger partial charge >= 0.3 is 0 Å². The van der Waals surface area contributed by atoms with E-state index in [0.29, 0.717) is 5.56 Å². The zero-order chi connectivity index (χ0) is 14.5. The van der Waals surface area contributed by atoms with E-state index < -0.39 is 10.7 Å². The molecule has 0 amide bonds. The number of carbonyl (C=O) groups is 1. The van der Waals surface area contributed by atoms with Gasteiger partial charge in [-0.25, -0.2) is 0 Å². The molecule has 2 aromatic rings. The highest BCUT2D eigenvalue weighted by molar-refractivity contribution is 6.07. The van der Waals surface area contributed by atoms with Gasteiger partial charge in [-0.1, -0.05) is 30.3 Å². The minimum atomic E-state index is -0.536. The fraction of sp³-hybridized carbons (Fsp3) is 0. The van der Waals surface area contributed by atoms with E-state index >= 15 is 0 Å². The van der Waals surface area contributed by atoms with Crippen molar-refractivity contribution in [1.29, 1.82) is 0 Å². The lowest BCUT2D eigenvalue weighted by Crippen LogP contribution is -1.97. The molecule has 0 unspecified atom stereocenters. The summed E-state index contributed by atoms with van der Waals surface area (Å²) in [6, 6.07) is 13.9. The van der Waals surface area contributed by atoms with E-state index in [2.05, 4.69) is 0 Å². The zero-order valence-corrected chi connectivity index (χ0v) is 10.4. The van der Waals surface area contributed by atoms with Gasteiger partial charge in [0, 0.05) is 29.3 Å². The molecule has 0 radical (unpaired) electrons. The molecule has 0 heterocycles. The molecule has 0 aliphatic carbocycles. The van der Waals surface area contributed by atoms with Crippen LogP contribution < -0.4 is 0 Å². The van der Waals surface area contributed by atoms with Gasteiger partial charge in [0.15, 0.2) is 5.78 Å². The quantitative estimate of drug-likeness (QED) is 0.303. The first kappa shape index (κ1) is 13.5. The second-order valence-electron chi connectivity index (χ2n) is 4.06. The maximum absolute atomic E-state index is 11.9. The monoisotopic (exact) mass is 269 g/mol. The van der Waals surface area contributed by atoms with Crippen LogP contribution in [-0.4, -0.2) is 15.8 Å². The lowest BCUT2D eigenvalue weighted by molar-refractivity contribution is -0.384. The minimum absolute atomic E-state index is 0.0854. The van der Waals surface area contributed by atoms with Crippen molar-refractivity contribution in [3.8, 4) is 0 Å². The van der Waals surface area contributed by atoms with Gasteiger partial charge in [0.05, 0.1) is 4.92 Å². The summed E-state index contributed by atoms with van der Waals surface area (Å²) in [5.74, 6) is -0.560. The fourth-order valence-corrected chi connectivity index (χ4v) is 1.65. The maximum atomic E-state index is 11.9. The molecule has 5 heteroatoms. The van der Waals surface area contributed by atoms with E-state index in [0.717, 1.165) is 6.08 Å². The average Bonchev–Trinajstić information content (AvgIpc) is 2.48. The van der Waals surface area contributed by atoms with Crippen molar-refractivity contribution in [2.45, 2.75) is 0 Å². The maximum Gasteiger partial charge on any atom is 0.269 e. The zero-order valence-electron chi connectivity index (χ0n) is 10.4. The largest absolute Gasteiger partial charge is 0.507 e. The third kappa shape index (κ3) is 3.08. The summed E-state index contributed by atoms with van der Waals surface area (Å²) < 4.78 is 0. The number of rotatable bonds is 4. The Morgan fingerprint density at radius 3 is 2.15 bits per heavy atom. The summed E-state index contributed by atoms with van der Waals surface area (Å²) in [7, 11) is 0. The summed E-state index contributed by atoms with van der Waals surface area (Å²) >= 11 is 0. The molecule has 0 aromatic heterocycles. The Kier molecular flexibility index (Phi) is 3.91. The molecule has 5 nitrogen and oxygen atoms in total. The van der Waals surface area contributed by atoms with E-state index in [4.69, 9.17) is 0 Å². The molecule has 0 fully saturated rings. The van der Waals surface area contributed by atoms with Crippen LogP contribution in [0.3, 0.4) is 0 Å². The van der Waals surface area contributed by atoms with E-state index in [-0.39, 0.29) is 17.0 Å². The molecule has 0 atom stereocenters. The SMILES string of the molecule is O=C(/C=C(\O)c1ccccc1)c1ccc([N+](=O)[O-])cc1. The predicted molar refractivity (Wildman–Crippen MR) is 74.5 cm³/mol. The van der Waals surface area contributed by atoms with E-state index in [1.54, 1.807) is 30.3 Å². The van der Waals surface area contributed by atoms with Crippen molar-refractivity contribution in [1.82, 2.24) is 0 Å². The average molecular weight is 269 g/mol. The van der Waals surface area contributed by atoms with Crippen LogP contribution in [0.5, 0.6) is 0 Å². The number of nitrogens with zero attached hydrogens (tertiary/aromatic N) is 1.